The Hall–Kier alpha value is -0.830. The second-order valence-corrected chi connectivity index (χ2v) is 10.7. The molecule has 0 aromatic heterocycles. The van der Waals surface area contributed by atoms with Crippen molar-refractivity contribution >= 4 is 23.6 Å². The van der Waals surface area contributed by atoms with E-state index in [0.29, 0.717) is 17.9 Å². The molecule has 7 nitrogen and oxygen atoms in total. The zero-order valence-corrected chi connectivity index (χ0v) is 19.1. The molecule has 0 bridgehead atoms. The molecule has 2 amide bonds. The van der Waals surface area contributed by atoms with Crippen molar-refractivity contribution in [3.8, 4) is 0 Å². The highest BCUT2D eigenvalue weighted by Gasteiger charge is 2.38. The molecule has 0 aromatic rings. The third-order valence-electron chi connectivity index (χ3n) is 7.51. The van der Waals surface area contributed by atoms with Gasteiger partial charge in [-0.25, -0.2) is 0 Å². The average molecular weight is 438 g/mol. The molecule has 4 rings (SSSR count). The van der Waals surface area contributed by atoms with Crippen molar-refractivity contribution in [2.45, 2.75) is 75.2 Å². The Balaban J connectivity index is 1.06. The number of carbonyl (C=O) groups is 2. The number of hydrogen-bond donors (Lipinski definition) is 4. The van der Waals surface area contributed by atoms with Crippen LogP contribution in [0.4, 0.5) is 0 Å². The molecule has 4 heterocycles. The quantitative estimate of drug-likeness (QED) is 0.443. The molecule has 5 unspecified atom stereocenters. The number of nitrogens with zero attached hydrogens (tertiary/aromatic N) is 1. The zero-order chi connectivity index (χ0) is 20.9. The fourth-order valence-corrected chi connectivity index (χ4v) is 6.74. The van der Waals surface area contributed by atoms with Crippen molar-refractivity contribution < 1.29 is 9.59 Å². The van der Waals surface area contributed by atoms with Crippen molar-refractivity contribution in [3.63, 3.8) is 0 Å². The summed E-state index contributed by atoms with van der Waals surface area (Å²) in [5.41, 5.74) is 0. The number of piperidine rings is 2. The smallest absolute Gasteiger partial charge is 0.237 e. The minimum atomic E-state index is -0.00212. The van der Waals surface area contributed by atoms with E-state index in [2.05, 4.69) is 33.1 Å². The van der Waals surface area contributed by atoms with Gasteiger partial charge in [-0.2, -0.15) is 0 Å². The van der Waals surface area contributed by atoms with Crippen LogP contribution < -0.4 is 21.3 Å². The molecule has 4 saturated heterocycles. The van der Waals surface area contributed by atoms with Crippen LogP contribution in [0.5, 0.6) is 0 Å². The Morgan fingerprint density at radius 1 is 1.17 bits per heavy atom. The van der Waals surface area contributed by atoms with Gasteiger partial charge in [0.2, 0.25) is 11.8 Å². The highest BCUT2D eigenvalue weighted by molar-refractivity contribution is 8.00. The lowest BCUT2D eigenvalue weighted by atomic mass is 9.91. The van der Waals surface area contributed by atoms with Crippen LogP contribution >= 0.6 is 11.8 Å². The second-order valence-electron chi connectivity index (χ2n) is 9.59. The van der Waals surface area contributed by atoms with E-state index >= 15 is 0 Å². The second kappa shape index (κ2) is 10.7. The van der Waals surface area contributed by atoms with Crippen molar-refractivity contribution in [2.24, 2.45) is 11.8 Å². The van der Waals surface area contributed by atoms with Crippen LogP contribution in [0.25, 0.3) is 0 Å². The Bertz CT molecular complexity index is 584. The SMILES string of the molecule is CC1NCSC1C(=O)N1CCC(CCCCNC(=O)C2CC3CNCCC3N2)CC1. The number of fused-ring (bicyclic) bond motifs is 1. The van der Waals surface area contributed by atoms with Gasteiger partial charge in [-0.15, -0.1) is 11.8 Å². The van der Waals surface area contributed by atoms with Gasteiger partial charge in [-0.05, 0) is 64.0 Å². The van der Waals surface area contributed by atoms with Gasteiger partial charge in [0.1, 0.15) is 0 Å². The summed E-state index contributed by atoms with van der Waals surface area (Å²) in [5.74, 6) is 2.74. The van der Waals surface area contributed by atoms with Crippen LogP contribution in [0.2, 0.25) is 0 Å². The van der Waals surface area contributed by atoms with Crippen LogP contribution in [-0.2, 0) is 9.59 Å². The number of likely N-dealkylation sites (tertiary alicyclic amines) is 1. The van der Waals surface area contributed by atoms with Crippen molar-refractivity contribution in [1.82, 2.24) is 26.2 Å². The third-order valence-corrected chi connectivity index (χ3v) is 8.81. The lowest BCUT2D eigenvalue weighted by Crippen LogP contribution is -2.46. The Morgan fingerprint density at radius 2 is 2.00 bits per heavy atom. The fourth-order valence-electron chi connectivity index (χ4n) is 5.52. The summed E-state index contributed by atoms with van der Waals surface area (Å²) < 4.78 is 0. The molecule has 5 atom stereocenters. The number of thioether (sulfide) groups is 1. The maximum atomic E-state index is 12.7. The van der Waals surface area contributed by atoms with Crippen molar-refractivity contribution in [3.05, 3.63) is 0 Å². The van der Waals surface area contributed by atoms with Crippen LogP contribution in [0.15, 0.2) is 0 Å². The predicted octanol–water partition coefficient (Wildman–Crippen LogP) is 0.903. The lowest BCUT2D eigenvalue weighted by Gasteiger charge is -2.34. The molecule has 0 saturated carbocycles. The normalized spacial score (nSPS) is 34.7. The molecule has 4 aliphatic heterocycles. The standard InChI is InChI=1S/C22H39N5O2S/c1-15-20(30-14-25-15)22(29)27-10-6-16(7-11-27)4-2-3-8-24-21(28)19-12-17-13-23-9-5-18(17)26-19/h15-20,23,25-26H,2-14H2,1H3,(H,24,28). The van der Waals surface area contributed by atoms with E-state index in [1.54, 1.807) is 11.8 Å². The van der Waals surface area contributed by atoms with E-state index in [-0.39, 0.29) is 23.2 Å². The van der Waals surface area contributed by atoms with E-state index in [1.165, 1.54) is 6.42 Å². The Kier molecular flexibility index (Phi) is 7.95. The number of carbonyl (C=O) groups excluding carboxylic acids is 2. The van der Waals surface area contributed by atoms with E-state index in [0.717, 1.165) is 83.0 Å². The lowest BCUT2D eigenvalue weighted by molar-refractivity contribution is -0.132. The largest absolute Gasteiger partial charge is 0.355 e. The number of rotatable bonds is 7. The Labute approximate surface area is 185 Å². The number of hydrogen-bond acceptors (Lipinski definition) is 6. The average Bonchev–Trinajstić information content (AvgIpc) is 3.39. The van der Waals surface area contributed by atoms with E-state index in [9.17, 15) is 9.59 Å². The van der Waals surface area contributed by atoms with Gasteiger partial charge < -0.3 is 26.2 Å². The molecule has 0 spiro atoms. The van der Waals surface area contributed by atoms with Gasteiger partial charge in [0.05, 0.1) is 11.3 Å². The summed E-state index contributed by atoms with van der Waals surface area (Å²) in [5, 5.41) is 13.6. The summed E-state index contributed by atoms with van der Waals surface area (Å²) >= 11 is 1.74. The summed E-state index contributed by atoms with van der Waals surface area (Å²) in [7, 11) is 0. The van der Waals surface area contributed by atoms with Gasteiger partial charge in [0, 0.05) is 37.6 Å². The van der Waals surface area contributed by atoms with Crippen LogP contribution in [-0.4, -0.2) is 78.7 Å². The van der Waals surface area contributed by atoms with E-state index < -0.39 is 0 Å². The number of nitrogens with one attached hydrogen (secondary N) is 4. The van der Waals surface area contributed by atoms with Gasteiger partial charge in [-0.1, -0.05) is 12.8 Å². The molecule has 8 heteroatoms. The predicted molar refractivity (Wildman–Crippen MR) is 121 cm³/mol. The minimum Gasteiger partial charge on any atom is -0.355 e. The van der Waals surface area contributed by atoms with Gasteiger partial charge in [0.25, 0.3) is 0 Å². The monoisotopic (exact) mass is 437 g/mol. The van der Waals surface area contributed by atoms with Crippen LogP contribution in [0.1, 0.15) is 51.9 Å². The topological polar surface area (TPSA) is 85.5 Å². The molecule has 170 valence electrons. The highest BCUT2D eigenvalue weighted by Crippen LogP contribution is 2.28. The molecular formula is C22H39N5O2S. The Morgan fingerprint density at radius 3 is 2.73 bits per heavy atom. The summed E-state index contributed by atoms with van der Waals surface area (Å²) in [4.78, 5) is 27.2. The van der Waals surface area contributed by atoms with Gasteiger partial charge >= 0.3 is 0 Å². The molecule has 4 N–H and O–H groups in total. The van der Waals surface area contributed by atoms with E-state index in [4.69, 9.17) is 0 Å². The molecule has 4 aliphatic rings. The zero-order valence-electron chi connectivity index (χ0n) is 18.3. The summed E-state index contributed by atoms with van der Waals surface area (Å²) in [6.45, 7) is 6.82. The van der Waals surface area contributed by atoms with Gasteiger partial charge in [0.15, 0.2) is 0 Å². The maximum absolute atomic E-state index is 12.7. The third kappa shape index (κ3) is 5.50. The minimum absolute atomic E-state index is 0.00212. The first kappa shape index (κ1) is 22.4. The molecule has 0 radical (unpaired) electrons. The number of amides is 2. The molecule has 30 heavy (non-hydrogen) atoms. The highest BCUT2D eigenvalue weighted by atomic mass is 32.2. The first-order chi connectivity index (χ1) is 14.6. The van der Waals surface area contributed by atoms with Crippen molar-refractivity contribution in [1.29, 1.82) is 0 Å². The number of unbranched alkanes of at least 4 members (excludes halogenated alkanes) is 1. The fraction of sp³-hybridized carbons (Fsp3) is 0.909. The summed E-state index contributed by atoms with van der Waals surface area (Å²) in [6.07, 6.45) is 7.77. The summed E-state index contributed by atoms with van der Waals surface area (Å²) in [6, 6.07) is 0.805. The van der Waals surface area contributed by atoms with Gasteiger partial charge in [-0.3, -0.25) is 9.59 Å². The first-order valence-corrected chi connectivity index (χ1v) is 13.0. The van der Waals surface area contributed by atoms with Crippen molar-refractivity contribution in [2.75, 3.05) is 38.6 Å². The van der Waals surface area contributed by atoms with E-state index in [1.807, 2.05) is 0 Å². The molecule has 4 fully saturated rings. The maximum Gasteiger partial charge on any atom is 0.237 e. The van der Waals surface area contributed by atoms with Crippen LogP contribution in [0.3, 0.4) is 0 Å². The molecule has 0 aliphatic carbocycles. The molecular weight excluding hydrogens is 398 g/mol. The molecule has 0 aromatic carbocycles. The first-order valence-electron chi connectivity index (χ1n) is 12.0. The van der Waals surface area contributed by atoms with Crippen LogP contribution in [0, 0.1) is 11.8 Å².